The van der Waals surface area contributed by atoms with Crippen LogP contribution in [0.25, 0.3) is 11.1 Å². The Morgan fingerprint density at radius 2 is 1.47 bits per heavy atom. The molecule has 0 aliphatic carbocycles. The molecule has 17 heavy (non-hydrogen) atoms. The molecule has 0 bridgehead atoms. The molecule has 0 radical (unpaired) electrons. The average molecular weight is 226 g/mol. The first-order chi connectivity index (χ1) is 8.08. The fourth-order valence-electron chi connectivity index (χ4n) is 1.70. The van der Waals surface area contributed by atoms with Gasteiger partial charge >= 0.3 is 0 Å². The van der Waals surface area contributed by atoms with E-state index < -0.39 is 0 Å². The van der Waals surface area contributed by atoms with Crippen LogP contribution in [0, 0.1) is 5.41 Å². The molecule has 0 atom stereocenters. The van der Waals surface area contributed by atoms with Crippen LogP contribution in [-0.4, -0.2) is 5.84 Å². The van der Waals surface area contributed by atoms with Crippen molar-refractivity contribution >= 4 is 17.2 Å². The Kier molecular flexibility index (Phi) is 2.70. The highest BCUT2D eigenvalue weighted by molar-refractivity contribution is 6.02. The summed E-state index contributed by atoms with van der Waals surface area (Å²) in [5.41, 5.74) is 20.7. The van der Waals surface area contributed by atoms with E-state index in [1.54, 1.807) is 12.1 Å². The monoisotopic (exact) mass is 226 g/mol. The Balaban J connectivity index is 2.58. The molecule has 0 heterocycles. The second kappa shape index (κ2) is 4.17. The highest BCUT2D eigenvalue weighted by atomic mass is 14.7. The maximum Gasteiger partial charge on any atom is 0.123 e. The van der Waals surface area contributed by atoms with E-state index in [0.717, 1.165) is 11.1 Å². The van der Waals surface area contributed by atoms with Crippen molar-refractivity contribution in [1.29, 1.82) is 5.41 Å². The maximum atomic E-state index is 7.56. The molecule has 0 saturated carbocycles. The minimum atomic E-state index is 0.00382. The first kappa shape index (κ1) is 11.0. The predicted molar refractivity (Wildman–Crippen MR) is 71.7 cm³/mol. The van der Waals surface area contributed by atoms with E-state index in [1.807, 2.05) is 30.3 Å². The fourth-order valence-corrected chi connectivity index (χ4v) is 1.70. The minimum absolute atomic E-state index is 0.00382. The number of benzene rings is 2. The molecular formula is C13H14N4. The largest absolute Gasteiger partial charge is 0.399 e. The molecule has 4 nitrogen and oxygen atoms in total. The lowest BCUT2D eigenvalue weighted by Crippen LogP contribution is -2.13. The van der Waals surface area contributed by atoms with E-state index in [1.165, 1.54) is 0 Å². The number of hydrogen-bond acceptors (Lipinski definition) is 3. The molecule has 0 unspecified atom stereocenters. The third-order valence-electron chi connectivity index (χ3n) is 2.56. The molecule has 7 N–H and O–H groups in total. The summed E-state index contributed by atoms with van der Waals surface area (Å²) in [4.78, 5) is 0. The van der Waals surface area contributed by atoms with Gasteiger partial charge in [0.2, 0.25) is 0 Å². The molecule has 0 aliphatic rings. The third kappa shape index (κ3) is 2.20. The van der Waals surface area contributed by atoms with Gasteiger partial charge in [-0.25, -0.2) is 0 Å². The molecule has 2 rings (SSSR count). The lowest BCUT2D eigenvalue weighted by molar-refractivity contribution is 1.42. The Labute approximate surface area is 99.6 Å². The third-order valence-corrected chi connectivity index (χ3v) is 2.56. The van der Waals surface area contributed by atoms with Crippen molar-refractivity contribution in [3.63, 3.8) is 0 Å². The highest BCUT2D eigenvalue weighted by Crippen LogP contribution is 2.26. The minimum Gasteiger partial charge on any atom is -0.399 e. The van der Waals surface area contributed by atoms with Gasteiger partial charge in [-0.1, -0.05) is 18.2 Å². The molecule has 4 heteroatoms. The maximum absolute atomic E-state index is 7.56. The van der Waals surface area contributed by atoms with Gasteiger partial charge in [0.05, 0.1) is 0 Å². The zero-order valence-electron chi connectivity index (χ0n) is 9.27. The number of anilines is 2. The average Bonchev–Trinajstić information content (AvgIpc) is 2.30. The predicted octanol–water partition coefficient (Wildman–Crippen LogP) is 1.80. The quantitative estimate of drug-likeness (QED) is 0.356. The first-order valence-electron chi connectivity index (χ1n) is 5.18. The van der Waals surface area contributed by atoms with Crippen molar-refractivity contribution in [2.24, 2.45) is 5.73 Å². The van der Waals surface area contributed by atoms with Gasteiger partial charge in [-0.05, 0) is 35.4 Å². The second-order valence-corrected chi connectivity index (χ2v) is 3.84. The number of amidine groups is 1. The van der Waals surface area contributed by atoms with Crippen LogP contribution in [0.3, 0.4) is 0 Å². The van der Waals surface area contributed by atoms with E-state index in [9.17, 15) is 0 Å². The van der Waals surface area contributed by atoms with Crippen LogP contribution in [0.2, 0.25) is 0 Å². The second-order valence-electron chi connectivity index (χ2n) is 3.84. The van der Waals surface area contributed by atoms with Gasteiger partial charge in [-0.15, -0.1) is 0 Å². The van der Waals surface area contributed by atoms with Gasteiger partial charge in [-0.3, -0.25) is 5.41 Å². The molecule has 0 aliphatic heterocycles. The number of nitrogen functional groups attached to an aromatic ring is 3. The van der Waals surface area contributed by atoms with Crippen LogP contribution < -0.4 is 17.2 Å². The van der Waals surface area contributed by atoms with Crippen molar-refractivity contribution in [1.82, 2.24) is 0 Å². The van der Waals surface area contributed by atoms with Crippen LogP contribution in [0.5, 0.6) is 0 Å². The summed E-state index contributed by atoms with van der Waals surface area (Å²) < 4.78 is 0. The molecular weight excluding hydrogens is 212 g/mol. The van der Waals surface area contributed by atoms with Gasteiger partial charge in [0.15, 0.2) is 0 Å². The van der Waals surface area contributed by atoms with Crippen molar-refractivity contribution in [3.05, 3.63) is 48.0 Å². The van der Waals surface area contributed by atoms with Crippen LogP contribution in [-0.2, 0) is 0 Å². The highest BCUT2D eigenvalue weighted by Gasteiger charge is 2.07. The smallest absolute Gasteiger partial charge is 0.123 e. The molecule has 2 aromatic carbocycles. The summed E-state index contributed by atoms with van der Waals surface area (Å²) in [6.45, 7) is 0. The lowest BCUT2D eigenvalue weighted by atomic mass is 9.98. The fraction of sp³-hybridized carbons (Fsp3) is 0. The molecule has 0 spiro atoms. The van der Waals surface area contributed by atoms with Crippen molar-refractivity contribution in [3.8, 4) is 11.1 Å². The first-order valence-corrected chi connectivity index (χ1v) is 5.18. The number of rotatable bonds is 2. The van der Waals surface area contributed by atoms with Gasteiger partial charge < -0.3 is 17.2 Å². The van der Waals surface area contributed by atoms with E-state index >= 15 is 0 Å². The van der Waals surface area contributed by atoms with Gasteiger partial charge in [0, 0.05) is 16.9 Å². The summed E-state index contributed by atoms with van der Waals surface area (Å²) in [7, 11) is 0. The van der Waals surface area contributed by atoms with E-state index in [0.29, 0.717) is 16.9 Å². The topological polar surface area (TPSA) is 102 Å². The SMILES string of the molecule is N=C(N)c1cc(N)ccc1-c1ccc(N)cc1. The molecule has 0 saturated heterocycles. The van der Waals surface area contributed by atoms with Crippen LogP contribution in [0.1, 0.15) is 5.56 Å². The Morgan fingerprint density at radius 3 is 2.06 bits per heavy atom. The zero-order valence-corrected chi connectivity index (χ0v) is 9.27. The van der Waals surface area contributed by atoms with Crippen LogP contribution >= 0.6 is 0 Å². The Bertz CT molecular complexity index is 558. The Morgan fingerprint density at radius 1 is 0.882 bits per heavy atom. The lowest BCUT2D eigenvalue weighted by Gasteiger charge is -2.09. The summed E-state index contributed by atoms with van der Waals surface area (Å²) in [5.74, 6) is 0.00382. The van der Waals surface area contributed by atoms with Gasteiger partial charge in [0.25, 0.3) is 0 Å². The van der Waals surface area contributed by atoms with Crippen molar-refractivity contribution in [2.45, 2.75) is 0 Å². The van der Waals surface area contributed by atoms with Crippen LogP contribution in [0.4, 0.5) is 11.4 Å². The van der Waals surface area contributed by atoms with E-state index in [4.69, 9.17) is 22.6 Å². The van der Waals surface area contributed by atoms with E-state index in [2.05, 4.69) is 0 Å². The number of nitrogens with one attached hydrogen (secondary N) is 1. The molecule has 0 amide bonds. The normalized spacial score (nSPS) is 10.1. The Hall–Kier alpha value is -2.49. The van der Waals surface area contributed by atoms with Gasteiger partial charge in [-0.2, -0.15) is 0 Å². The molecule has 86 valence electrons. The van der Waals surface area contributed by atoms with Gasteiger partial charge in [0.1, 0.15) is 5.84 Å². The summed E-state index contributed by atoms with van der Waals surface area (Å²) in [6, 6.07) is 12.8. The molecule has 2 aromatic rings. The standard InChI is InChI=1S/C13H14N4/c14-9-3-1-8(2-4-9)11-6-5-10(15)7-12(11)13(16)17/h1-7H,14-15H2,(H3,16,17). The van der Waals surface area contributed by atoms with E-state index in [-0.39, 0.29) is 5.84 Å². The van der Waals surface area contributed by atoms with Crippen molar-refractivity contribution in [2.75, 3.05) is 11.5 Å². The molecule has 0 aromatic heterocycles. The molecule has 0 fully saturated rings. The number of hydrogen-bond donors (Lipinski definition) is 4. The summed E-state index contributed by atoms with van der Waals surface area (Å²) in [5, 5.41) is 7.56. The zero-order chi connectivity index (χ0) is 12.4. The summed E-state index contributed by atoms with van der Waals surface area (Å²) >= 11 is 0. The van der Waals surface area contributed by atoms with Crippen LogP contribution in [0.15, 0.2) is 42.5 Å². The summed E-state index contributed by atoms with van der Waals surface area (Å²) in [6.07, 6.45) is 0. The number of nitrogens with two attached hydrogens (primary N) is 3. The van der Waals surface area contributed by atoms with Crippen molar-refractivity contribution < 1.29 is 0 Å².